The third-order valence-electron chi connectivity index (χ3n) is 2.52. The molecule has 2 heterocycles. The molecule has 0 radical (unpaired) electrons. The lowest BCUT2D eigenvalue weighted by Gasteiger charge is -2.08. The third-order valence-corrected chi connectivity index (χ3v) is 2.52. The number of hydrogen-bond acceptors (Lipinski definition) is 4. The molecule has 2 aromatic heterocycles. The van der Waals surface area contributed by atoms with Gasteiger partial charge in [-0.2, -0.15) is 0 Å². The van der Waals surface area contributed by atoms with E-state index in [0.717, 1.165) is 12.1 Å². The Hall–Kier alpha value is -2.37. The van der Waals surface area contributed by atoms with Crippen molar-refractivity contribution in [2.24, 2.45) is 0 Å². The molecule has 0 aliphatic rings. The first-order valence-electron chi connectivity index (χ1n) is 5.69. The highest BCUT2D eigenvalue weighted by molar-refractivity contribution is 5.98. The average molecular weight is 245 g/mol. The van der Waals surface area contributed by atoms with Crippen LogP contribution in [-0.4, -0.2) is 34.5 Å². The number of hydrogen-bond donors (Lipinski definition) is 3. The molecule has 0 fully saturated rings. The molecule has 2 rings (SSSR count). The van der Waals surface area contributed by atoms with Crippen molar-refractivity contribution in [2.75, 3.05) is 18.9 Å². The third kappa shape index (κ3) is 2.85. The molecule has 0 saturated carbocycles. The fraction of sp³-hybridized carbons (Fsp3) is 0.250. The van der Waals surface area contributed by atoms with E-state index in [4.69, 9.17) is 0 Å². The highest BCUT2D eigenvalue weighted by Gasteiger charge is 2.10. The van der Waals surface area contributed by atoms with Crippen molar-refractivity contribution in [3.05, 3.63) is 42.1 Å². The first-order chi connectivity index (χ1) is 8.81. The smallest absolute Gasteiger partial charge is 0.255 e. The van der Waals surface area contributed by atoms with Crippen LogP contribution in [-0.2, 0) is 6.42 Å². The molecule has 0 bridgehead atoms. The summed E-state index contributed by atoms with van der Waals surface area (Å²) in [6, 6.07) is 3.48. The summed E-state index contributed by atoms with van der Waals surface area (Å²) in [6.45, 7) is 0.555. The van der Waals surface area contributed by atoms with Gasteiger partial charge in [0, 0.05) is 38.1 Å². The van der Waals surface area contributed by atoms with Gasteiger partial charge in [-0.05, 0) is 12.1 Å². The number of nitrogens with one attached hydrogen (secondary N) is 3. The van der Waals surface area contributed by atoms with E-state index in [1.807, 2.05) is 0 Å². The molecule has 1 amide bonds. The van der Waals surface area contributed by atoms with Crippen molar-refractivity contribution in [3.8, 4) is 0 Å². The minimum atomic E-state index is -0.132. The number of amides is 1. The summed E-state index contributed by atoms with van der Waals surface area (Å²) < 4.78 is 0. The zero-order valence-electron chi connectivity index (χ0n) is 10.1. The SMILES string of the molecule is CNc1ncccc1C(=O)NCCc1cnc[nH]1. The highest BCUT2D eigenvalue weighted by Crippen LogP contribution is 2.09. The van der Waals surface area contributed by atoms with Gasteiger partial charge in [-0.25, -0.2) is 9.97 Å². The number of imidazole rings is 1. The van der Waals surface area contributed by atoms with Gasteiger partial charge in [-0.1, -0.05) is 0 Å². The molecule has 3 N–H and O–H groups in total. The van der Waals surface area contributed by atoms with Crippen LogP contribution in [0.1, 0.15) is 16.1 Å². The summed E-state index contributed by atoms with van der Waals surface area (Å²) in [5, 5.41) is 5.74. The maximum absolute atomic E-state index is 11.9. The van der Waals surface area contributed by atoms with Gasteiger partial charge in [-0.3, -0.25) is 4.79 Å². The van der Waals surface area contributed by atoms with Crippen molar-refractivity contribution >= 4 is 11.7 Å². The topological polar surface area (TPSA) is 82.7 Å². The first-order valence-corrected chi connectivity index (χ1v) is 5.69. The summed E-state index contributed by atoms with van der Waals surface area (Å²) in [6.07, 6.45) is 5.74. The van der Waals surface area contributed by atoms with E-state index in [1.54, 1.807) is 37.9 Å². The monoisotopic (exact) mass is 245 g/mol. The number of pyridine rings is 1. The molecule has 0 saturated heterocycles. The lowest BCUT2D eigenvalue weighted by atomic mass is 10.2. The summed E-state index contributed by atoms with van der Waals surface area (Å²) in [5.74, 6) is 0.448. The van der Waals surface area contributed by atoms with Crippen LogP contribution in [0.3, 0.4) is 0 Å². The van der Waals surface area contributed by atoms with Crippen LogP contribution in [0, 0.1) is 0 Å². The number of rotatable bonds is 5. The van der Waals surface area contributed by atoms with E-state index in [0.29, 0.717) is 17.9 Å². The van der Waals surface area contributed by atoms with E-state index in [2.05, 4.69) is 25.6 Å². The van der Waals surface area contributed by atoms with Crippen molar-refractivity contribution < 1.29 is 4.79 Å². The van der Waals surface area contributed by atoms with Gasteiger partial charge in [0.2, 0.25) is 0 Å². The molecule has 0 atom stereocenters. The van der Waals surface area contributed by atoms with Crippen LogP contribution in [0.5, 0.6) is 0 Å². The van der Waals surface area contributed by atoms with E-state index >= 15 is 0 Å². The maximum atomic E-state index is 11.9. The molecule has 0 aromatic carbocycles. The van der Waals surface area contributed by atoms with E-state index < -0.39 is 0 Å². The van der Waals surface area contributed by atoms with E-state index in [9.17, 15) is 4.79 Å². The number of nitrogens with zero attached hydrogens (tertiary/aromatic N) is 2. The second-order valence-electron chi connectivity index (χ2n) is 3.73. The zero-order valence-corrected chi connectivity index (χ0v) is 10.1. The Labute approximate surface area is 105 Å². The summed E-state index contributed by atoms with van der Waals surface area (Å²) in [4.78, 5) is 22.9. The van der Waals surface area contributed by atoms with Gasteiger partial charge in [0.25, 0.3) is 5.91 Å². The van der Waals surface area contributed by atoms with Crippen molar-refractivity contribution in [2.45, 2.75) is 6.42 Å². The van der Waals surface area contributed by atoms with Crippen LogP contribution < -0.4 is 10.6 Å². The van der Waals surface area contributed by atoms with Crippen LogP contribution in [0.15, 0.2) is 30.9 Å². The zero-order chi connectivity index (χ0) is 12.8. The van der Waals surface area contributed by atoms with Gasteiger partial charge in [0.1, 0.15) is 5.82 Å². The number of anilines is 1. The van der Waals surface area contributed by atoms with Gasteiger partial charge in [-0.15, -0.1) is 0 Å². The Kier molecular flexibility index (Phi) is 3.90. The van der Waals surface area contributed by atoms with Crippen molar-refractivity contribution in [1.82, 2.24) is 20.3 Å². The van der Waals surface area contributed by atoms with Crippen LogP contribution in [0.2, 0.25) is 0 Å². The number of aromatic amines is 1. The normalized spacial score (nSPS) is 10.1. The average Bonchev–Trinajstić information content (AvgIpc) is 2.91. The van der Waals surface area contributed by atoms with Gasteiger partial charge >= 0.3 is 0 Å². The predicted octanol–water partition coefficient (Wildman–Crippen LogP) is 0.819. The molecule has 0 aliphatic carbocycles. The number of aromatic nitrogens is 3. The molecular formula is C12H15N5O. The quantitative estimate of drug-likeness (QED) is 0.728. The Balaban J connectivity index is 1.91. The minimum Gasteiger partial charge on any atom is -0.372 e. The predicted molar refractivity (Wildman–Crippen MR) is 68.4 cm³/mol. The van der Waals surface area contributed by atoms with Crippen molar-refractivity contribution in [1.29, 1.82) is 0 Å². The van der Waals surface area contributed by atoms with E-state index in [1.165, 1.54) is 0 Å². The molecular weight excluding hydrogens is 230 g/mol. The fourth-order valence-corrected chi connectivity index (χ4v) is 1.62. The molecule has 6 nitrogen and oxygen atoms in total. The van der Waals surface area contributed by atoms with Gasteiger partial charge in [0.05, 0.1) is 11.9 Å². The van der Waals surface area contributed by atoms with Crippen LogP contribution in [0.25, 0.3) is 0 Å². The number of carbonyl (C=O) groups is 1. The lowest BCUT2D eigenvalue weighted by Crippen LogP contribution is -2.26. The van der Waals surface area contributed by atoms with Gasteiger partial charge < -0.3 is 15.6 Å². The highest BCUT2D eigenvalue weighted by atomic mass is 16.1. The van der Waals surface area contributed by atoms with Crippen LogP contribution >= 0.6 is 0 Å². The van der Waals surface area contributed by atoms with Crippen molar-refractivity contribution in [3.63, 3.8) is 0 Å². The molecule has 2 aromatic rings. The summed E-state index contributed by atoms with van der Waals surface area (Å²) in [5.41, 5.74) is 1.54. The van der Waals surface area contributed by atoms with Gasteiger partial charge in [0.15, 0.2) is 0 Å². The molecule has 18 heavy (non-hydrogen) atoms. The number of H-pyrrole nitrogens is 1. The molecule has 0 spiro atoms. The summed E-state index contributed by atoms with van der Waals surface area (Å²) >= 11 is 0. The molecule has 94 valence electrons. The summed E-state index contributed by atoms with van der Waals surface area (Å²) in [7, 11) is 1.74. The Morgan fingerprint density at radius 1 is 1.50 bits per heavy atom. The molecule has 0 aliphatic heterocycles. The standard InChI is InChI=1S/C12H15N5O/c1-13-11-10(3-2-5-15-11)12(18)16-6-4-9-7-14-8-17-9/h2-3,5,7-8H,4,6H2,1H3,(H,13,15)(H,14,17)(H,16,18). The molecule has 6 heteroatoms. The first kappa shape index (κ1) is 12.1. The Morgan fingerprint density at radius 2 is 2.39 bits per heavy atom. The largest absolute Gasteiger partial charge is 0.372 e. The lowest BCUT2D eigenvalue weighted by molar-refractivity contribution is 0.0954. The Bertz CT molecular complexity index is 509. The fourth-order valence-electron chi connectivity index (χ4n) is 1.62. The van der Waals surface area contributed by atoms with E-state index in [-0.39, 0.29) is 5.91 Å². The number of carbonyl (C=O) groups excluding carboxylic acids is 1. The Morgan fingerprint density at radius 3 is 3.11 bits per heavy atom. The second-order valence-corrected chi connectivity index (χ2v) is 3.73. The minimum absolute atomic E-state index is 0.132. The molecule has 0 unspecified atom stereocenters. The van der Waals surface area contributed by atoms with Crippen LogP contribution in [0.4, 0.5) is 5.82 Å². The second kappa shape index (κ2) is 5.81. The maximum Gasteiger partial charge on any atom is 0.255 e.